The molecule has 1 heterocycles. The fourth-order valence-electron chi connectivity index (χ4n) is 0.620. The normalized spacial score (nSPS) is 12.6. The molecule has 11 heavy (non-hydrogen) atoms. The van der Waals surface area contributed by atoms with E-state index in [1.54, 1.807) is 31.6 Å². The van der Waals surface area contributed by atoms with Crippen LogP contribution >= 0.6 is 0 Å². The lowest BCUT2D eigenvalue weighted by molar-refractivity contribution is 0.319. The number of rotatable bonds is 2. The molecule has 0 bridgehead atoms. The summed E-state index contributed by atoms with van der Waals surface area (Å²) in [6.45, 7) is 1.70. The van der Waals surface area contributed by atoms with E-state index in [-0.39, 0.29) is 0 Å². The molecule has 1 aromatic heterocycles. The largest absolute Gasteiger partial charge is 0.472 e. The van der Waals surface area contributed by atoms with Gasteiger partial charge in [0, 0.05) is 5.56 Å². The van der Waals surface area contributed by atoms with E-state index >= 15 is 0 Å². The average Bonchev–Trinajstić information content (AvgIpc) is 2.52. The fraction of sp³-hybridized carbons (Fsp3) is 0.125. The van der Waals surface area contributed by atoms with E-state index in [2.05, 4.69) is 5.16 Å². The highest BCUT2D eigenvalue weighted by atomic mass is 16.4. The van der Waals surface area contributed by atoms with Crippen LogP contribution in [0.15, 0.2) is 34.2 Å². The summed E-state index contributed by atoms with van der Waals surface area (Å²) in [5, 5.41) is 11.3. The molecule has 58 valence electrons. The Bertz CT molecular complexity index is 260. The molecule has 0 aliphatic rings. The van der Waals surface area contributed by atoms with Crippen molar-refractivity contribution in [2.75, 3.05) is 0 Å². The lowest BCUT2D eigenvalue weighted by Gasteiger charge is -1.83. The van der Waals surface area contributed by atoms with Crippen LogP contribution in [0.1, 0.15) is 12.5 Å². The summed E-state index contributed by atoms with van der Waals surface area (Å²) in [6.07, 6.45) is 6.70. The molecule has 1 aromatic rings. The maximum Gasteiger partial charge on any atom is 0.0974 e. The Labute approximate surface area is 64.6 Å². The maximum atomic E-state index is 8.28. The second-order valence-electron chi connectivity index (χ2n) is 2.13. The zero-order chi connectivity index (χ0) is 8.10. The topological polar surface area (TPSA) is 45.7 Å². The Kier molecular flexibility index (Phi) is 2.49. The summed E-state index contributed by atoms with van der Waals surface area (Å²) in [4.78, 5) is 0. The third kappa shape index (κ3) is 2.29. The molecule has 0 unspecified atom stereocenters. The van der Waals surface area contributed by atoms with Crippen molar-refractivity contribution in [1.82, 2.24) is 0 Å². The lowest BCUT2D eigenvalue weighted by atomic mass is 10.3. The van der Waals surface area contributed by atoms with Gasteiger partial charge in [-0.15, -0.1) is 0 Å². The maximum absolute atomic E-state index is 8.28. The van der Waals surface area contributed by atoms with Crippen LogP contribution in [0.3, 0.4) is 0 Å². The van der Waals surface area contributed by atoms with Crippen molar-refractivity contribution in [3.63, 3.8) is 0 Å². The summed E-state index contributed by atoms with van der Waals surface area (Å²) in [6, 6.07) is 1.82. The SMILES string of the molecule is CC(/C=C/c1ccoc1)=N\O. The lowest BCUT2D eigenvalue weighted by Crippen LogP contribution is -1.81. The molecule has 0 fully saturated rings. The van der Waals surface area contributed by atoms with E-state index in [0.717, 1.165) is 5.56 Å². The Morgan fingerprint density at radius 2 is 2.55 bits per heavy atom. The standard InChI is InChI=1S/C8H9NO2/c1-7(9-10)2-3-8-4-5-11-6-8/h2-6,10H,1H3/b3-2+,9-7+. The van der Waals surface area contributed by atoms with E-state index in [1.807, 2.05) is 6.07 Å². The van der Waals surface area contributed by atoms with E-state index in [0.29, 0.717) is 5.71 Å². The van der Waals surface area contributed by atoms with Crippen LogP contribution in [0.25, 0.3) is 6.08 Å². The van der Waals surface area contributed by atoms with Crippen molar-refractivity contribution in [2.24, 2.45) is 5.16 Å². The monoisotopic (exact) mass is 151 g/mol. The second kappa shape index (κ2) is 3.61. The van der Waals surface area contributed by atoms with Gasteiger partial charge in [-0.2, -0.15) is 0 Å². The van der Waals surface area contributed by atoms with Gasteiger partial charge in [0.05, 0.1) is 18.2 Å². The Morgan fingerprint density at radius 3 is 3.09 bits per heavy atom. The molecular weight excluding hydrogens is 142 g/mol. The first-order valence-corrected chi connectivity index (χ1v) is 3.22. The van der Waals surface area contributed by atoms with Gasteiger partial charge in [-0.05, 0) is 25.1 Å². The highest BCUT2D eigenvalue weighted by molar-refractivity contribution is 5.95. The van der Waals surface area contributed by atoms with Crippen LogP contribution in [0.4, 0.5) is 0 Å². The first kappa shape index (κ1) is 7.60. The van der Waals surface area contributed by atoms with E-state index in [1.165, 1.54) is 0 Å². The Balaban J connectivity index is 2.63. The summed E-state index contributed by atoms with van der Waals surface area (Å²) >= 11 is 0. The third-order valence-electron chi connectivity index (χ3n) is 1.22. The van der Waals surface area contributed by atoms with E-state index in [4.69, 9.17) is 9.62 Å². The predicted molar refractivity (Wildman–Crippen MR) is 42.6 cm³/mol. The molecule has 0 amide bonds. The fourth-order valence-corrected chi connectivity index (χ4v) is 0.620. The minimum Gasteiger partial charge on any atom is -0.472 e. The zero-order valence-corrected chi connectivity index (χ0v) is 6.19. The average molecular weight is 151 g/mol. The summed E-state index contributed by atoms with van der Waals surface area (Å²) < 4.78 is 4.83. The molecular formula is C8H9NO2. The minimum absolute atomic E-state index is 0.561. The molecule has 1 rings (SSSR count). The molecule has 3 nitrogen and oxygen atoms in total. The van der Waals surface area contributed by atoms with Crippen LogP contribution in [0, 0.1) is 0 Å². The van der Waals surface area contributed by atoms with Gasteiger partial charge in [-0.25, -0.2) is 0 Å². The van der Waals surface area contributed by atoms with Crippen molar-refractivity contribution in [1.29, 1.82) is 0 Å². The van der Waals surface area contributed by atoms with Gasteiger partial charge < -0.3 is 9.62 Å². The summed E-state index contributed by atoms with van der Waals surface area (Å²) in [7, 11) is 0. The molecule has 0 aliphatic carbocycles. The number of oxime groups is 1. The molecule has 1 N–H and O–H groups in total. The molecule has 3 heteroatoms. The van der Waals surface area contributed by atoms with Gasteiger partial charge in [0.2, 0.25) is 0 Å². The predicted octanol–water partition coefficient (Wildman–Crippen LogP) is 2.14. The van der Waals surface area contributed by atoms with E-state index in [9.17, 15) is 0 Å². The number of furan rings is 1. The number of allylic oxidation sites excluding steroid dienone is 1. The molecule has 0 aromatic carbocycles. The number of nitrogens with zero attached hydrogens (tertiary/aromatic N) is 1. The first-order chi connectivity index (χ1) is 5.33. The smallest absolute Gasteiger partial charge is 0.0974 e. The van der Waals surface area contributed by atoms with Crippen LogP contribution < -0.4 is 0 Å². The molecule has 0 saturated heterocycles. The second-order valence-corrected chi connectivity index (χ2v) is 2.13. The molecule has 0 atom stereocenters. The molecule has 0 radical (unpaired) electrons. The van der Waals surface area contributed by atoms with Crippen LogP contribution in [-0.4, -0.2) is 10.9 Å². The zero-order valence-electron chi connectivity index (χ0n) is 6.19. The third-order valence-corrected chi connectivity index (χ3v) is 1.22. The molecule has 0 spiro atoms. The minimum atomic E-state index is 0.561. The van der Waals surface area contributed by atoms with Crippen LogP contribution in [0.5, 0.6) is 0 Å². The van der Waals surface area contributed by atoms with Gasteiger partial charge in [-0.1, -0.05) is 5.16 Å². The quantitative estimate of drug-likeness (QED) is 0.400. The summed E-state index contributed by atoms with van der Waals surface area (Å²) in [5.41, 5.74) is 1.51. The van der Waals surface area contributed by atoms with Gasteiger partial charge >= 0.3 is 0 Å². The van der Waals surface area contributed by atoms with Crippen molar-refractivity contribution in [3.05, 3.63) is 30.2 Å². The molecule has 0 aliphatic heterocycles. The highest BCUT2D eigenvalue weighted by Gasteiger charge is 1.86. The van der Waals surface area contributed by atoms with Gasteiger partial charge in [0.15, 0.2) is 0 Å². The number of hydrogen-bond acceptors (Lipinski definition) is 3. The van der Waals surface area contributed by atoms with Gasteiger partial charge in [0.1, 0.15) is 0 Å². The van der Waals surface area contributed by atoms with Crippen molar-refractivity contribution >= 4 is 11.8 Å². The van der Waals surface area contributed by atoms with Crippen LogP contribution in [-0.2, 0) is 0 Å². The Hall–Kier alpha value is -1.51. The molecule has 0 saturated carbocycles. The van der Waals surface area contributed by atoms with Gasteiger partial charge in [0.25, 0.3) is 0 Å². The van der Waals surface area contributed by atoms with Crippen molar-refractivity contribution in [3.8, 4) is 0 Å². The van der Waals surface area contributed by atoms with Crippen molar-refractivity contribution < 1.29 is 9.62 Å². The Morgan fingerprint density at radius 1 is 1.73 bits per heavy atom. The first-order valence-electron chi connectivity index (χ1n) is 3.22. The summed E-state index contributed by atoms with van der Waals surface area (Å²) in [5.74, 6) is 0. The van der Waals surface area contributed by atoms with Crippen molar-refractivity contribution in [2.45, 2.75) is 6.92 Å². The highest BCUT2D eigenvalue weighted by Crippen LogP contribution is 2.01. The number of hydrogen-bond donors (Lipinski definition) is 1. The van der Waals surface area contributed by atoms with Crippen LogP contribution in [0.2, 0.25) is 0 Å². The van der Waals surface area contributed by atoms with E-state index < -0.39 is 0 Å². The van der Waals surface area contributed by atoms with Gasteiger partial charge in [-0.3, -0.25) is 0 Å².